The topological polar surface area (TPSA) is 70.8 Å². The van der Waals surface area contributed by atoms with E-state index in [4.69, 9.17) is 5.26 Å². The molecule has 0 aliphatic rings. The first-order valence-electron chi connectivity index (χ1n) is 8.81. The SMILES string of the molecule is N#CC(CC(=O)c1cc(C(F)(F)F)cc(C(F)(F)F)c1)CC(=O)c1ccnc(C(F)(F)F)c1. The monoisotopic (exact) mass is 482 g/mol. The van der Waals surface area contributed by atoms with Gasteiger partial charge in [0.05, 0.1) is 23.1 Å². The summed E-state index contributed by atoms with van der Waals surface area (Å²) in [5.41, 5.74) is -6.32. The summed E-state index contributed by atoms with van der Waals surface area (Å²) in [5.74, 6) is -3.80. The Morgan fingerprint density at radius 3 is 1.70 bits per heavy atom. The highest BCUT2D eigenvalue weighted by Gasteiger charge is 2.38. The molecule has 1 aromatic heterocycles. The predicted molar refractivity (Wildman–Crippen MR) is 92.7 cm³/mol. The molecule has 1 heterocycles. The summed E-state index contributed by atoms with van der Waals surface area (Å²) in [7, 11) is 0. The second-order valence-electron chi connectivity index (χ2n) is 6.80. The molecule has 0 N–H and O–H groups in total. The molecule has 0 aliphatic heterocycles. The highest BCUT2D eigenvalue weighted by molar-refractivity contribution is 5.99. The van der Waals surface area contributed by atoms with Crippen LogP contribution in [0.15, 0.2) is 36.5 Å². The number of nitriles is 1. The van der Waals surface area contributed by atoms with Crippen LogP contribution >= 0.6 is 0 Å². The molecular formula is C20H11F9N2O2. The van der Waals surface area contributed by atoms with Gasteiger partial charge in [-0.3, -0.25) is 14.6 Å². The van der Waals surface area contributed by atoms with Crippen molar-refractivity contribution in [3.05, 3.63) is 64.5 Å². The molecule has 0 fully saturated rings. The number of ketones is 2. The quantitative estimate of drug-likeness (QED) is 0.367. The Bertz CT molecular complexity index is 1060. The molecule has 2 rings (SSSR count). The first kappa shape index (κ1) is 25.8. The van der Waals surface area contributed by atoms with E-state index in [9.17, 15) is 49.1 Å². The van der Waals surface area contributed by atoms with E-state index in [-0.39, 0.29) is 18.2 Å². The Morgan fingerprint density at radius 1 is 0.788 bits per heavy atom. The number of hydrogen-bond acceptors (Lipinski definition) is 4. The minimum absolute atomic E-state index is 0.177. The summed E-state index contributed by atoms with van der Waals surface area (Å²) in [6, 6.07) is 3.06. The van der Waals surface area contributed by atoms with Gasteiger partial charge in [-0.25, -0.2) is 0 Å². The molecule has 0 amide bonds. The average Bonchev–Trinajstić information content (AvgIpc) is 2.71. The van der Waals surface area contributed by atoms with E-state index in [1.54, 1.807) is 0 Å². The molecule has 4 nitrogen and oxygen atoms in total. The van der Waals surface area contributed by atoms with E-state index in [0.717, 1.165) is 6.07 Å². The number of rotatable bonds is 6. The first-order valence-corrected chi connectivity index (χ1v) is 8.81. The maximum atomic E-state index is 12.9. The van der Waals surface area contributed by atoms with Gasteiger partial charge in [0.2, 0.25) is 0 Å². The molecular weight excluding hydrogens is 471 g/mol. The number of carbonyl (C=O) groups excluding carboxylic acids is 2. The third-order valence-electron chi connectivity index (χ3n) is 4.33. The fourth-order valence-electron chi connectivity index (χ4n) is 2.72. The lowest BCUT2D eigenvalue weighted by molar-refractivity contribution is -0.143. The van der Waals surface area contributed by atoms with Crippen molar-refractivity contribution < 1.29 is 49.1 Å². The van der Waals surface area contributed by atoms with Gasteiger partial charge in [0.1, 0.15) is 5.69 Å². The fourth-order valence-corrected chi connectivity index (χ4v) is 2.72. The number of carbonyl (C=O) groups is 2. The molecule has 0 radical (unpaired) electrons. The van der Waals surface area contributed by atoms with Crippen LogP contribution in [0.3, 0.4) is 0 Å². The minimum Gasteiger partial charge on any atom is -0.294 e. The number of halogens is 9. The van der Waals surface area contributed by atoms with E-state index in [2.05, 4.69) is 4.98 Å². The maximum Gasteiger partial charge on any atom is 0.433 e. The molecule has 1 aromatic carbocycles. The Morgan fingerprint density at radius 2 is 1.27 bits per heavy atom. The Hall–Kier alpha value is -3.43. The molecule has 0 saturated heterocycles. The average molecular weight is 482 g/mol. The van der Waals surface area contributed by atoms with Crippen LogP contribution in [-0.2, 0) is 18.5 Å². The van der Waals surface area contributed by atoms with Crippen LogP contribution in [-0.4, -0.2) is 16.6 Å². The normalized spacial score (nSPS) is 13.3. The molecule has 0 spiro atoms. The maximum absolute atomic E-state index is 12.9. The lowest BCUT2D eigenvalue weighted by Gasteiger charge is -2.14. The van der Waals surface area contributed by atoms with Gasteiger partial charge in [-0.1, -0.05) is 0 Å². The van der Waals surface area contributed by atoms with Gasteiger partial charge in [0, 0.05) is 30.2 Å². The second-order valence-corrected chi connectivity index (χ2v) is 6.80. The van der Waals surface area contributed by atoms with E-state index < -0.39 is 76.8 Å². The van der Waals surface area contributed by atoms with Crippen molar-refractivity contribution in [2.75, 3.05) is 0 Å². The number of aromatic nitrogens is 1. The first-order chi connectivity index (χ1) is 15.0. The Labute approximate surface area is 179 Å². The van der Waals surface area contributed by atoms with Gasteiger partial charge in [-0.05, 0) is 30.3 Å². The molecule has 1 atom stereocenters. The van der Waals surface area contributed by atoms with Gasteiger partial charge in [0.15, 0.2) is 11.6 Å². The number of benzene rings is 1. The summed E-state index contributed by atoms with van der Waals surface area (Å²) < 4.78 is 116. The van der Waals surface area contributed by atoms with Crippen LogP contribution in [0.2, 0.25) is 0 Å². The van der Waals surface area contributed by atoms with Gasteiger partial charge in [-0.15, -0.1) is 0 Å². The van der Waals surface area contributed by atoms with Gasteiger partial charge in [0.25, 0.3) is 0 Å². The van der Waals surface area contributed by atoms with E-state index >= 15 is 0 Å². The van der Waals surface area contributed by atoms with Crippen molar-refractivity contribution in [1.82, 2.24) is 4.98 Å². The molecule has 0 saturated carbocycles. The van der Waals surface area contributed by atoms with Crippen LogP contribution in [0.5, 0.6) is 0 Å². The van der Waals surface area contributed by atoms with Crippen molar-refractivity contribution in [2.45, 2.75) is 31.4 Å². The van der Waals surface area contributed by atoms with Gasteiger partial charge < -0.3 is 0 Å². The van der Waals surface area contributed by atoms with Crippen LogP contribution < -0.4 is 0 Å². The summed E-state index contributed by atoms with van der Waals surface area (Å²) >= 11 is 0. The summed E-state index contributed by atoms with van der Waals surface area (Å²) in [6.07, 6.45) is -16.3. The van der Waals surface area contributed by atoms with Crippen LogP contribution in [0.1, 0.15) is 50.4 Å². The number of pyridine rings is 1. The fraction of sp³-hybridized carbons (Fsp3) is 0.300. The summed E-state index contributed by atoms with van der Waals surface area (Å²) in [4.78, 5) is 27.6. The number of Topliss-reactive ketones (excluding diaryl/α,β-unsaturated/α-hetero) is 2. The van der Waals surface area contributed by atoms with Crippen molar-refractivity contribution in [3.8, 4) is 6.07 Å². The van der Waals surface area contributed by atoms with Gasteiger partial charge in [-0.2, -0.15) is 44.8 Å². The third kappa shape index (κ3) is 6.77. The zero-order chi connectivity index (χ0) is 25.2. The van der Waals surface area contributed by atoms with Crippen LogP contribution in [0, 0.1) is 17.2 Å². The molecule has 1 unspecified atom stereocenters. The summed E-state index contributed by atoms with van der Waals surface area (Å²) in [6.45, 7) is 0. The predicted octanol–water partition coefficient (Wildman–Crippen LogP) is 6.12. The lowest BCUT2D eigenvalue weighted by atomic mass is 9.91. The van der Waals surface area contributed by atoms with E-state index in [0.29, 0.717) is 12.3 Å². The van der Waals surface area contributed by atoms with Crippen LogP contribution in [0.4, 0.5) is 39.5 Å². The molecule has 0 aliphatic carbocycles. The number of alkyl halides is 9. The lowest BCUT2D eigenvalue weighted by Crippen LogP contribution is -2.16. The molecule has 2 aromatic rings. The zero-order valence-electron chi connectivity index (χ0n) is 16.1. The minimum atomic E-state index is -5.20. The number of hydrogen-bond donors (Lipinski definition) is 0. The smallest absolute Gasteiger partial charge is 0.294 e. The molecule has 13 heteroatoms. The zero-order valence-corrected chi connectivity index (χ0v) is 16.1. The standard InChI is InChI=1S/C20H11F9N2O2/c21-18(22,23)13-5-12(6-14(8-13)19(24,25)26)16(33)4-10(9-30)3-15(32)11-1-2-31-17(7-11)20(27,28)29/h1-2,5-8,10H,3-4H2. The van der Waals surface area contributed by atoms with Crippen molar-refractivity contribution in [3.63, 3.8) is 0 Å². The van der Waals surface area contributed by atoms with E-state index in [1.807, 2.05) is 0 Å². The van der Waals surface area contributed by atoms with Crippen molar-refractivity contribution in [1.29, 1.82) is 5.26 Å². The number of nitrogens with zero attached hydrogens (tertiary/aromatic N) is 2. The highest BCUT2D eigenvalue weighted by Crippen LogP contribution is 2.37. The highest BCUT2D eigenvalue weighted by atomic mass is 19.4. The van der Waals surface area contributed by atoms with Crippen molar-refractivity contribution in [2.24, 2.45) is 5.92 Å². The third-order valence-corrected chi connectivity index (χ3v) is 4.33. The molecule has 176 valence electrons. The summed E-state index contributed by atoms with van der Waals surface area (Å²) in [5, 5.41) is 9.16. The van der Waals surface area contributed by atoms with Crippen molar-refractivity contribution >= 4 is 11.6 Å². The second kappa shape index (κ2) is 9.21. The molecule has 33 heavy (non-hydrogen) atoms. The van der Waals surface area contributed by atoms with Gasteiger partial charge >= 0.3 is 18.5 Å². The molecule has 0 bridgehead atoms. The van der Waals surface area contributed by atoms with Crippen LogP contribution in [0.25, 0.3) is 0 Å². The Balaban J connectivity index is 2.27. The van der Waals surface area contributed by atoms with E-state index in [1.165, 1.54) is 6.07 Å². The Kier molecular flexibility index (Phi) is 7.20. The largest absolute Gasteiger partial charge is 0.433 e.